The van der Waals surface area contributed by atoms with Crippen molar-refractivity contribution in [3.63, 3.8) is 0 Å². The summed E-state index contributed by atoms with van der Waals surface area (Å²) in [5.74, 6) is -0.469. The summed E-state index contributed by atoms with van der Waals surface area (Å²) in [6.45, 7) is 13.1. The van der Waals surface area contributed by atoms with Gasteiger partial charge in [-0.15, -0.1) is 0 Å². The summed E-state index contributed by atoms with van der Waals surface area (Å²) in [4.78, 5) is 25.0. The second-order valence-corrected chi connectivity index (χ2v) is 16.9. The van der Waals surface area contributed by atoms with Gasteiger partial charge in [0.2, 0.25) is 0 Å². The molecule has 0 saturated carbocycles. The van der Waals surface area contributed by atoms with Gasteiger partial charge in [-0.05, 0) is 53.9 Å². The highest BCUT2D eigenvalue weighted by molar-refractivity contribution is 6.99. The molecule has 240 valence electrons. The molecule has 0 aromatic heterocycles. The maximum atomic E-state index is 13.3. The zero-order valence-corrected chi connectivity index (χ0v) is 28.4. The molecular weight excluding hydrogens is 582 g/mol. The molecule has 0 aliphatic rings. The van der Waals surface area contributed by atoms with Crippen LogP contribution in [0.25, 0.3) is 6.08 Å². The zero-order valence-electron chi connectivity index (χ0n) is 27.4. The van der Waals surface area contributed by atoms with E-state index in [0.717, 1.165) is 5.56 Å². The maximum Gasteiger partial charge on any atom is 0.407 e. The van der Waals surface area contributed by atoms with Crippen molar-refractivity contribution >= 4 is 36.8 Å². The molecule has 0 atom stereocenters. The highest BCUT2D eigenvalue weighted by Crippen LogP contribution is 2.36. The van der Waals surface area contributed by atoms with E-state index >= 15 is 0 Å². The maximum absolute atomic E-state index is 13.3. The first-order valence-electron chi connectivity index (χ1n) is 15.3. The second kappa shape index (κ2) is 16.9. The fourth-order valence-electron chi connectivity index (χ4n) is 4.91. The first-order chi connectivity index (χ1) is 21.4. The summed E-state index contributed by atoms with van der Waals surface area (Å²) in [7, 11) is -2.78. The van der Waals surface area contributed by atoms with Gasteiger partial charge < -0.3 is 24.0 Å². The van der Waals surface area contributed by atoms with E-state index in [2.05, 4.69) is 50.4 Å². The largest absolute Gasteiger partial charge is 0.460 e. The van der Waals surface area contributed by atoms with Crippen molar-refractivity contribution in [3.05, 3.63) is 114 Å². The third kappa shape index (κ3) is 11.2. The summed E-state index contributed by atoms with van der Waals surface area (Å²) >= 11 is 0. The van der Waals surface area contributed by atoms with E-state index in [4.69, 9.17) is 18.6 Å². The Labute approximate surface area is 269 Å². The van der Waals surface area contributed by atoms with Crippen molar-refractivity contribution in [1.29, 1.82) is 0 Å². The fraction of sp³-hybridized carbons (Fsp3) is 0.351. The number of esters is 1. The monoisotopic (exact) mass is 629 g/mol. The summed E-state index contributed by atoms with van der Waals surface area (Å²) < 4.78 is 23.3. The summed E-state index contributed by atoms with van der Waals surface area (Å²) in [5.41, 5.74) is 0.789. The zero-order chi connectivity index (χ0) is 32.8. The highest BCUT2D eigenvalue weighted by atomic mass is 28.4. The minimum Gasteiger partial charge on any atom is -0.460 e. The predicted octanol–water partition coefficient (Wildman–Crippen LogP) is 6.29. The molecule has 1 N–H and O–H groups in total. The molecule has 7 nitrogen and oxygen atoms in total. The molecule has 0 spiro atoms. The lowest BCUT2D eigenvalue weighted by Gasteiger charge is -2.42. The number of alkyl carbamates (subject to hydrolysis) is 1. The minimum absolute atomic E-state index is 0.0668. The number of carbonyl (C=O) groups is 2. The van der Waals surface area contributed by atoms with Crippen molar-refractivity contribution in [2.24, 2.45) is 0 Å². The number of benzene rings is 3. The van der Waals surface area contributed by atoms with Gasteiger partial charge >= 0.3 is 12.1 Å². The Morgan fingerprint density at radius 2 is 1.31 bits per heavy atom. The molecule has 0 bridgehead atoms. The highest BCUT2D eigenvalue weighted by Gasteiger charge is 2.49. The molecule has 0 fully saturated rings. The molecular formula is C37H47NO6Si. The van der Waals surface area contributed by atoms with Crippen LogP contribution < -0.4 is 15.7 Å². The van der Waals surface area contributed by atoms with Crippen LogP contribution in [0.2, 0.25) is 5.04 Å². The molecule has 8 heteroatoms. The van der Waals surface area contributed by atoms with Crippen molar-refractivity contribution < 1.29 is 28.2 Å². The number of rotatable bonds is 14. The molecule has 45 heavy (non-hydrogen) atoms. The number of amides is 1. The summed E-state index contributed by atoms with van der Waals surface area (Å²) in [6.07, 6.45) is 4.94. The fourth-order valence-corrected chi connectivity index (χ4v) is 9.39. The van der Waals surface area contributed by atoms with Gasteiger partial charge in [0.25, 0.3) is 8.32 Å². The van der Waals surface area contributed by atoms with E-state index < -0.39 is 26.0 Å². The minimum atomic E-state index is -2.78. The Balaban J connectivity index is 1.72. The lowest BCUT2D eigenvalue weighted by molar-refractivity contribution is -0.140. The van der Waals surface area contributed by atoms with Gasteiger partial charge in [0.05, 0.1) is 25.4 Å². The van der Waals surface area contributed by atoms with Crippen LogP contribution in [0.3, 0.4) is 0 Å². The Hall–Kier alpha value is -3.98. The van der Waals surface area contributed by atoms with Gasteiger partial charge in [-0.3, -0.25) is 0 Å². The van der Waals surface area contributed by atoms with E-state index in [0.29, 0.717) is 5.57 Å². The van der Waals surface area contributed by atoms with Crippen LogP contribution in [-0.4, -0.2) is 59.0 Å². The van der Waals surface area contributed by atoms with E-state index in [1.807, 2.05) is 72.8 Å². The van der Waals surface area contributed by atoms with E-state index in [1.54, 1.807) is 32.9 Å². The lowest BCUT2D eigenvalue weighted by Crippen LogP contribution is -2.66. The Morgan fingerprint density at radius 1 is 0.756 bits per heavy atom. The first-order valence-corrected chi connectivity index (χ1v) is 17.2. The van der Waals surface area contributed by atoms with Crippen LogP contribution in [0.4, 0.5) is 4.79 Å². The smallest absolute Gasteiger partial charge is 0.407 e. The van der Waals surface area contributed by atoms with E-state index in [9.17, 15) is 9.59 Å². The molecule has 0 aliphatic carbocycles. The molecule has 3 rings (SSSR count). The van der Waals surface area contributed by atoms with Crippen molar-refractivity contribution in [3.8, 4) is 0 Å². The Kier molecular flexibility index (Phi) is 13.3. The molecule has 1 amide bonds. The number of hydrogen-bond donors (Lipinski definition) is 1. The first kappa shape index (κ1) is 35.5. The standard InChI is InChI=1S/C37H47NO6Si/c1-36(2,3)44-35(40)38-25-27-41-28-29-42-34(39)31(23-22-30-16-10-7-11-17-30)24-26-43-45(37(4,5)6,32-18-12-8-13-19-32)33-20-14-9-15-21-33/h7-24H,25-29H2,1-6H3,(H,38,40). The van der Waals surface area contributed by atoms with Crippen LogP contribution in [0.1, 0.15) is 47.1 Å². The number of ether oxygens (including phenoxy) is 3. The Bertz CT molecular complexity index is 1350. The Morgan fingerprint density at radius 3 is 1.84 bits per heavy atom. The number of hydrogen-bond acceptors (Lipinski definition) is 6. The molecule has 0 saturated heterocycles. The average molecular weight is 630 g/mol. The predicted molar refractivity (Wildman–Crippen MR) is 183 cm³/mol. The summed E-state index contributed by atoms with van der Waals surface area (Å²) in [6, 6.07) is 30.6. The molecule has 0 aliphatic heterocycles. The van der Waals surface area contributed by atoms with Crippen LogP contribution in [0.15, 0.2) is 109 Å². The van der Waals surface area contributed by atoms with Crippen molar-refractivity contribution in [2.75, 3.05) is 33.0 Å². The van der Waals surface area contributed by atoms with Crippen molar-refractivity contribution in [2.45, 2.75) is 52.2 Å². The average Bonchev–Trinajstić information content (AvgIpc) is 3.00. The van der Waals surface area contributed by atoms with Crippen LogP contribution >= 0.6 is 0 Å². The molecule has 3 aromatic rings. The normalized spacial score (nSPS) is 12.6. The molecule has 0 radical (unpaired) electrons. The van der Waals surface area contributed by atoms with Gasteiger partial charge in [-0.25, -0.2) is 9.59 Å². The topological polar surface area (TPSA) is 83.1 Å². The van der Waals surface area contributed by atoms with Gasteiger partial charge in [0.1, 0.15) is 12.2 Å². The van der Waals surface area contributed by atoms with E-state index in [1.165, 1.54) is 10.4 Å². The molecule has 0 heterocycles. The third-order valence-corrected chi connectivity index (χ3v) is 11.9. The van der Waals surface area contributed by atoms with Crippen LogP contribution in [0.5, 0.6) is 0 Å². The number of carbonyl (C=O) groups excluding carboxylic acids is 2. The number of nitrogens with one attached hydrogen (secondary N) is 1. The SMILES string of the molecule is CC(C)(C)OC(=O)NCCOCCOC(=O)C(C=Cc1ccccc1)=CCO[Si](c1ccccc1)(c1ccccc1)C(C)(C)C. The summed E-state index contributed by atoms with van der Waals surface area (Å²) in [5, 5.41) is 4.77. The van der Waals surface area contributed by atoms with Gasteiger partial charge in [-0.2, -0.15) is 0 Å². The van der Waals surface area contributed by atoms with Crippen LogP contribution in [-0.2, 0) is 23.4 Å². The van der Waals surface area contributed by atoms with Crippen LogP contribution in [0, 0.1) is 0 Å². The lowest BCUT2D eigenvalue weighted by atomic mass is 10.1. The van der Waals surface area contributed by atoms with Crippen molar-refractivity contribution in [1.82, 2.24) is 5.32 Å². The van der Waals surface area contributed by atoms with Gasteiger partial charge in [-0.1, -0.05) is 118 Å². The third-order valence-electron chi connectivity index (χ3n) is 6.89. The van der Waals surface area contributed by atoms with Gasteiger partial charge in [0.15, 0.2) is 0 Å². The molecule has 0 unspecified atom stereocenters. The quantitative estimate of drug-likeness (QED) is 0.0743. The van der Waals surface area contributed by atoms with E-state index in [-0.39, 0.29) is 38.0 Å². The molecule has 3 aromatic carbocycles. The van der Waals surface area contributed by atoms with Gasteiger partial charge in [0, 0.05) is 6.54 Å². The second-order valence-electron chi connectivity index (χ2n) is 12.6.